The lowest BCUT2D eigenvalue weighted by molar-refractivity contribution is -0.275. The van der Waals surface area contributed by atoms with Crippen LogP contribution in [-0.4, -0.2) is 29.6 Å². The van der Waals surface area contributed by atoms with Crippen LogP contribution in [0.15, 0.2) is 47.6 Å². The molecule has 2 aromatic carbocycles. The summed E-state index contributed by atoms with van der Waals surface area (Å²) in [6, 6.07) is 9.70. The molecule has 1 aliphatic rings. The van der Waals surface area contributed by atoms with Crippen molar-refractivity contribution >= 4 is 40.7 Å². The van der Waals surface area contributed by atoms with Crippen molar-refractivity contribution in [1.29, 1.82) is 0 Å². The second-order valence-electron chi connectivity index (χ2n) is 6.77. The molecule has 1 heterocycles. The molecule has 0 aliphatic carbocycles. The number of hydrogen-bond acceptors (Lipinski definition) is 3. The summed E-state index contributed by atoms with van der Waals surface area (Å²) in [5.74, 6) is 0. The van der Waals surface area contributed by atoms with Crippen LogP contribution in [0.5, 0.6) is 0 Å². The summed E-state index contributed by atoms with van der Waals surface area (Å²) >= 11 is 11.8. The lowest BCUT2D eigenvalue weighted by Gasteiger charge is -2.29. The zero-order chi connectivity index (χ0) is 22.1. The Hall–Kier alpha value is -2.45. The molecule has 0 saturated heterocycles. The number of benzene rings is 2. The number of amides is 1. The van der Waals surface area contributed by atoms with E-state index in [0.717, 1.165) is 17.0 Å². The van der Waals surface area contributed by atoms with Gasteiger partial charge in [-0.05, 0) is 42.3 Å². The summed E-state index contributed by atoms with van der Waals surface area (Å²) in [7, 11) is 0. The predicted octanol–water partition coefficient (Wildman–Crippen LogP) is 6.47. The van der Waals surface area contributed by atoms with Crippen LogP contribution in [0, 0.1) is 0 Å². The minimum Gasteiger partial charge on any atom is -0.465 e. The first kappa shape index (κ1) is 22.2. The van der Waals surface area contributed by atoms with E-state index in [1.165, 1.54) is 30.3 Å². The smallest absolute Gasteiger partial charge is 0.435 e. The second kappa shape index (κ2) is 8.35. The Labute approximate surface area is 180 Å². The van der Waals surface area contributed by atoms with Crippen molar-refractivity contribution in [1.82, 2.24) is 0 Å². The molecule has 1 aliphatic heterocycles. The van der Waals surface area contributed by atoms with E-state index >= 15 is 0 Å². The number of anilines is 1. The molecule has 0 aromatic heterocycles. The molecule has 30 heavy (non-hydrogen) atoms. The number of carboxylic acid groups (broad SMARTS) is 1. The Morgan fingerprint density at radius 3 is 2.30 bits per heavy atom. The Morgan fingerprint density at radius 2 is 1.80 bits per heavy atom. The van der Waals surface area contributed by atoms with Crippen LogP contribution in [0.4, 0.5) is 23.7 Å². The van der Waals surface area contributed by atoms with Gasteiger partial charge in [0.1, 0.15) is 0 Å². The number of carbonyl (C=O) groups is 1. The highest BCUT2D eigenvalue weighted by Crippen LogP contribution is 2.49. The van der Waals surface area contributed by atoms with Crippen molar-refractivity contribution < 1.29 is 27.9 Å². The van der Waals surface area contributed by atoms with Crippen molar-refractivity contribution in [2.24, 2.45) is 5.16 Å². The van der Waals surface area contributed by atoms with Crippen LogP contribution in [0.25, 0.3) is 0 Å². The summed E-state index contributed by atoms with van der Waals surface area (Å²) in [6.45, 7) is 2.14. The van der Waals surface area contributed by atoms with Gasteiger partial charge in [-0.15, -0.1) is 0 Å². The highest BCUT2D eigenvalue weighted by molar-refractivity contribution is 6.34. The molecule has 1 unspecified atom stereocenters. The quantitative estimate of drug-likeness (QED) is 0.555. The van der Waals surface area contributed by atoms with Gasteiger partial charge in [-0.25, -0.2) is 4.79 Å². The van der Waals surface area contributed by atoms with Gasteiger partial charge in [-0.3, -0.25) is 4.90 Å². The third-order valence-corrected chi connectivity index (χ3v) is 5.14. The normalized spacial score (nSPS) is 18.7. The van der Waals surface area contributed by atoms with Crippen molar-refractivity contribution in [3.05, 3.63) is 63.6 Å². The summed E-state index contributed by atoms with van der Waals surface area (Å²) in [6.07, 6.45) is -5.86. The second-order valence-corrected chi connectivity index (χ2v) is 7.64. The fourth-order valence-corrected chi connectivity index (χ4v) is 3.76. The first-order valence-corrected chi connectivity index (χ1v) is 9.72. The van der Waals surface area contributed by atoms with Gasteiger partial charge in [-0.2, -0.15) is 13.2 Å². The monoisotopic (exact) mass is 460 g/mol. The molecule has 160 valence electrons. The van der Waals surface area contributed by atoms with Crippen LogP contribution in [0.1, 0.15) is 30.9 Å². The minimum absolute atomic E-state index is 0.0483. The summed E-state index contributed by atoms with van der Waals surface area (Å²) in [5, 5.41) is 13.1. The fraction of sp³-hybridized carbons (Fsp3) is 0.300. The number of nitrogens with zero attached hydrogens (tertiary/aromatic N) is 2. The molecule has 0 spiro atoms. The van der Waals surface area contributed by atoms with Crippen LogP contribution in [0.3, 0.4) is 0 Å². The van der Waals surface area contributed by atoms with E-state index in [0.29, 0.717) is 24.2 Å². The number of hydrogen-bond donors (Lipinski definition) is 1. The summed E-state index contributed by atoms with van der Waals surface area (Å²) < 4.78 is 42.1. The molecule has 0 bridgehead atoms. The first-order valence-electron chi connectivity index (χ1n) is 8.96. The van der Waals surface area contributed by atoms with Crippen LogP contribution >= 0.6 is 23.2 Å². The Kier molecular flexibility index (Phi) is 6.19. The molecule has 2 aromatic rings. The predicted molar refractivity (Wildman–Crippen MR) is 109 cm³/mol. The maximum absolute atomic E-state index is 14.0. The highest BCUT2D eigenvalue weighted by Gasteiger charge is 2.62. The molecule has 3 rings (SSSR count). The number of rotatable bonds is 5. The topological polar surface area (TPSA) is 62.1 Å². The Morgan fingerprint density at radius 1 is 1.20 bits per heavy atom. The highest BCUT2D eigenvalue weighted by atomic mass is 35.5. The van der Waals surface area contributed by atoms with E-state index < -0.39 is 24.3 Å². The standard InChI is InChI=1S/C20H17Cl2F3N2O3/c1-2-7-27(18(28)29)16-5-3-12(4-6-16)17-11-19(30-26-17,20(23,24)25)13-8-14(21)10-15(22)9-13/h3-6,8-10H,2,7,11H2,1H3,(H,28,29). The largest absolute Gasteiger partial charge is 0.465 e. The molecule has 1 atom stereocenters. The zero-order valence-corrected chi connectivity index (χ0v) is 17.2. The van der Waals surface area contributed by atoms with Gasteiger partial charge in [0.25, 0.3) is 5.60 Å². The molecule has 10 heteroatoms. The maximum atomic E-state index is 14.0. The molecule has 5 nitrogen and oxygen atoms in total. The molecule has 0 saturated carbocycles. The van der Waals surface area contributed by atoms with E-state index in [1.54, 1.807) is 0 Å². The third-order valence-electron chi connectivity index (χ3n) is 4.71. The Balaban J connectivity index is 1.92. The fourth-order valence-electron chi connectivity index (χ4n) is 3.24. The van der Waals surface area contributed by atoms with E-state index in [1.807, 2.05) is 6.92 Å². The van der Waals surface area contributed by atoms with Gasteiger partial charge >= 0.3 is 12.3 Å². The van der Waals surface area contributed by atoms with Crippen molar-refractivity contribution in [3.63, 3.8) is 0 Å². The van der Waals surface area contributed by atoms with Crippen molar-refractivity contribution in [3.8, 4) is 0 Å². The summed E-state index contributed by atoms with van der Waals surface area (Å²) in [4.78, 5) is 17.5. The van der Waals surface area contributed by atoms with Gasteiger partial charge in [0.05, 0.1) is 5.71 Å². The number of alkyl halides is 3. The lowest BCUT2D eigenvalue weighted by atomic mass is 9.86. The van der Waals surface area contributed by atoms with Crippen molar-refractivity contribution in [2.45, 2.75) is 31.5 Å². The lowest BCUT2D eigenvalue weighted by Crippen LogP contribution is -2.42. The van der Waals surface area contributed by atoms with Gasteiger partial charge in [0.2, 0.25) is 0 Å². The SMILES string of the molecule is CCCN(C(=O)O)c1ccc(C2=NOC(c3cc(Cl)cc(Cl)c3)(C(F)(F)F)C2)cc1. The first-order chi connectivity index (χ1) is 14.1. The average Bonchev–Trinajstić information content (AvgIpc) is 3.12. The van der Waals surface area contributed by atoms with Gasteiger partial charge in [-0.1, -0.05) is 47.4 Å². The maximum Gasteiger partial charge on any atom is 0.435 e. The van der Waals surface area contributed by atoms with E-state index in [-0.39, 0.29) is 21.3 Å². The van der Waals surface area contributed by atoms with E-state index in [9.17, 15) is 23.1 Å². The van der Waals surface area contributed by atoms with Crippen LogP contribution in [-0.2, 0) is 10.4 Å². The number of oxime groups is 1. The molecular weight excluding hydrogens is 444 g/mol. The molecule has 1 amide bonds. The van der Waals surface area contributed by atoms with Gasteiger partial charge in [0, 0.05) is 34.3 Å². The van der Waals surface area contributed by atoms with Crippen LogP contribution < -0.4 is 4.90 Å². The van der Waals surface area contributed by atoms with E-state index in [2.05, 4.69) is 5.16 Å². The molecule has 0 radical (unpaired) electrons. The molecular formula is C20H17Cl2F3N2O3. The van der Waals surface area contributed by atoms with Gasteiger partial charge in [0.15, 0.2) is 0 Å². The zero-order valence-electron chi connectivity index (χ0n) is 15.7. The third kappa shape index (κ3) is 4.20. The number of halogens is 5. The van der Waals surface area contributed by atoms with Gasteiger partial charge < -0.3 is 9.94 Å². The molecule has 1 N–H and O–H groups in total. The minimum atomic E-state index is -4.78. The molecule has 0 fully saturated rings. The average molecular weight is 461 g/mol. The van der Waals surface area contributed by atoms with Crippen LogP contribution in [0.2, 0.25) is 10.0 Å². The summed E-state index contributed by atoms with van der Waals surface area (Å²) in [5.41, 5.74) is -2.09. The Bertz CT molecular complexity index is 960. The van der Waals surface area contributed by atoms with E-state index in [4.69, 9.17) is 28.0 Å². The van der Waals surface area contributed by atoms with Crippen molar-refractivity contribution in [2.75, 3.05) is 11.4 Å².